The molecule has 3 nitrogen and oxygen atoms in total. The summed E-state index contributed by atoms with van der Waals surface area (Å²) in [5, 5.41) is 3.76. The molecule has 0 bridgehead atoms. The van der Waals surface area contributed by atoms with E-state index in [-0.39, 0.29) is 5.60 Å². The molecule has 0 radical (unpaired) electrons. The van der Waals surface area contributed by atoms with Crippen molar-refractivity contribution in [2.75, 3.05) is 26.2 Å². The van der Waals surface area contributed by atoms with Crippen LogP contribution in [0.4, 0.5) is 0 Å². The van der Waals surface area contributed by atoms with E-state index < -0.39 is 0 Å². The van der Waals surface area contributed by atoms with Gasteiger partial charge in [0, 0.05) is 31.2 Å². The number of piperazine rings is 1. The molecule has 1 aliphatic heterocycles. The van der Waals surface area contributed by atoms with E-state index in [0.717, 1.165) is 13.2 Å². The number of hydrogen-bond acceptors (Lipinski definition) is 3. The molecule has 1 aliphatic carbocycles. The first-order valence-corrected chi connectivity index (χ1v) is 8.08. The topological polar surface area (TPSA) is 24.5 Å². The van der Waals surface area contributed by atoms with E-state index >= 15 is 0 Å². The summed E-state index contributed by atoms with van der Waals surface area (Å²) in [6, 6.07) is 0.667. The van der Waals surface area contributed by atoms with Crippen LogP contribution in [0.25, 0.3) is 0 Å². The summed E-state index contributed by atoms with van der Waals surface area (Å²) in [6.07, 6.45) is 6.76. The highest BCUT2D eigenvalue weighted by molar-refractivity contribution is 5.01. The van der Waals surface area contributed by atoms with Crippen LogP contribution in [-0.4, -0.2) is 48.3 Å². The molecule has 2 aliphatic rings. The summed E-state index contributed by atoms with van der Waals surface area (Å²) in [5.41, 5.74) is 0.425. The Hall–Kier alpha value is -0.120. The lowest BCUT2D eigenvalue weighted by atomic mass is 9.90. The predicted octanol–water partition coefficient (Wildman–Crippen LogP) is 2.80. The van der Waals surface area contributed by atoms with Crippen LogP contribution in [0.15, 0.2) is 0 Å². The molecule has 2 fully saturated rings. The Morgan fingerprint density at radius 3 is 2.53 bits per heavy atom. The Balaban J connectivity index is 1.92. The molecule has 0 amide bonds. The van der Waals surface area contributed by atoms with Gasteiger partial charge in [0.2, 0.25) is 0 Å². The minimum Gasteiger partial charge on any atom is -0.375 e. The minimum absolute atomic E-state index is 0.0129. The fourth-order valence-electron chi connectivity index (χ4n) is 3.56. The number of nitrogens with one attached hydrogen (secondary N) is 1. The second kappa shape index (κ2) is 6.11. The molecule has 1 atom stereocenters. The van der Waals surface area contributed by atoms with Crippen molar-refractivity contribution >= 4 is 0 Å². The molecule has 0 aromatic carbocycles. The molecule has 0 aromatic rings. The second-order valence-electron chi connectivity index (χ2n) is 7.32. The SMILES string of the molecule is CCC1CN(CCOC(C)(C)C)C2(CCCC2)CN1. The third-order valence-electron chi connectivity index (χ3n) is 4.75. The minimum atomic E-state index is -0.0129. The number of ether oxygens (including phenoxy) is 1. The third-order valence-corrected chi connectivity index (χ3v) is 4.75. The van der Waals surface area contributed by atoms with Gasteiger partial charge in [-0.25, -0.2) is 0 Å². The number of nitrogens with zero attached hydrogens (tertiary/aromatic N) is 1. The zero-order chi connectivity index (χ0) is 13.9. The van der Waals surface area contributed by atoms with Crippen LogP contribution in [-0.2, 0) is 4.74 Å². The quantitative estimate of drug-likeness (QED) is 0.848. The predicted molar refractivity (Wildman–Crippen MR) is 80.6 cm³/mol. The molecule has 1 saturated heterocycles. The van der Waals surface area contributed by atoms with Gasteiger partial charge in [-0.15, -0.1) is 0 Å². The van der Waals surface area contributed by atoms with Gasteiger partial charge in [-0.2, -0.15) is 0 Å². The number of hydrogen-bond donors (Lipinski definition) is 1. The smallest absolute Gasteiger partial charge is 0.0600 e. The molecule has 1 unspecified atom stereocenters. The third kappa shape index (κ3) is 3.93. The van der Waals surface area contributed by atoms with Gasteiger partial charge in [0.25, 0.3) is 0 Å². The van der Waals surface area contributed by atoms with Crippen LogP contribution in [0.3, 0.4) is 0 Å². The molecule has 0 aromatic heterocycles. The van der Waals surface area contributed by atoms with Crippen LogP contribution >= 0.6 is 0 Å². The van der Waals surface area contributed by atoms with Crippen LogP contribution < -0.4 is 5.32 Å². The lowest BCUT2D eigenvalue weighted by molar-refractivity contribution is -0.0389. The van der Waals surface area contributed by atoms with Crippen molar-refractivity contribution in [3.05, 3.63) is 0 Å². The van der Waals surface area contributed by atoms with Crippen molar-refractivity contribution in [2.24, 2.45) is 0 Å². The van der Waals surface area contributed by atoms with E-state index in [0.29, 0.717) is 11.6 Å². The van der Waals surface area contributed by atoms with E-state index in [4.69, 9.17) is 4.74 Å². The zero-order valence-corrected chi connectivity index (χ0v) is 13.3. The molecule has 112 valence electrons. The van der Waals surface area contributed by atoms with Gasteiger partial charge in [0.1, 0.15) is 0 Å². The van der Waals surface area contributed by atoms with Gasteiger partial charge < -0.3 is 10.1 Å². The highest BCUT2D eigenvalue weighted by atomic mass is 16.5. The molecule has 2 rings (SSSR count). The lowest BCUT2D eigenvalue weighted by Crippen LogP contribution is -2.64. The lowest BCUT2D eigenvalue weighted by Gasteiger charge is -2.48. The van der Waals surface area contributed by atoms with E-state index in [9.17, 15) is 0 Å². The number of rotatable bonds is 4. The Bertz CT molecular complexity index is 279. The Morgan fingerprint density at radius 2 is 1.95 bits per heavy atom. The van der Waals surface area contributed by atoms with Crippen LogP contribution in [0.2, 0.25) is 0 Å². The standard InChI is InChI=1S/C16H32N2O/c1-5-14-12-18(10-11-19-15(2,3)4)16(13-17-14)8-6-7-9-16/h14,17H,5-13H2,1-4H3. The summed E-state index contributed by atoms with van der Waals surface area (Å²) in [5.74, 6) is 0. The monoisotopic (exact) mass is 268 g/mol. The van der Waals surface area contributed by atoms with Crippen molar-refractivity contribution in [1.82, 2.24) is 10.2 Å². The average Bonchev–Trinajstić information content (AvgIpc) is 2.80. The highest BCUT2D eigenvalue weighted by Crippen LogP contribution is 2.36. The first kappa shape index (κ1) is 15.3. The Morgan fingerprint density at radius 1 is 1.26 bits per heavy atom. The first-order valence-electron chi connectivity index (χ1n) is 8.08. The first-order chi connectivity index (χ1) is 8.95. The van der Waals surface area contributed by atoms with Crippen molar-refractivity contribution in [2.45, 2.75) is 77.0 Å². The zero-order valence-electron chi connectivity index (χ0n) is 13.3. The summed E-state index contributed by atoms with van der Waals surface area (Å²) < 4.78 is 5.94. The molecule has 3 heteroatoms. The highest BCUT2D eigenvalue weighted by Gasteiger charge is 2.42. The van der Waals surface area contributed by atoms with E-state index in [1.807, 2.05) is 0 Å². The molecule has 1 heterocycles. The maximum atomic E-state index is 5.94. The van der Waals surface area contributed by atoms with Gasteiger partial charge in [0.05, 0.1) is 12.2 Å². The van der Waals surface area contributed by atoms with E-state index in [2.05, 4.69) is 37.9 Å². The van der Waals surface area contributed by atoms with Crippen LogP contribution in [0.5, 0.6) is 0 Å². The van der Waals surface area contributed by atoms with Gasteiger partial charge in [-0.05, 0) is 40.0 Å². The van der Waals surface area contributed by atoms with Crippen molar-refractivity contribution in [3.63, 3.8) is 0 Å². The Kier molecular flexibility index (Phi) is 4.91. The van der Waals surface area contributed by atoms with Gasteiger partial charge >= 0.3 is 0 Å². The van der Waals surface area contributed by atoms with Crippen molar-refractivity contribution < 1.29 is 4.74 Å². The van der Waals surface area contributed by atoms with E-state index in [1.54, 1.807) is 0 Å². The normalized spacial score (nSPS) is 28.1. The van der Waals surface area contributed by atoms with Crippen LogP contribution in [0, 0.1) is 0 Å². The van der Waals surface area contributed by atoms with Gasteiger partial charge in [-0.3, -0.25) is 4.90 Å². The second-order valence-corrected chi connectivity index (χ2v) is 7.32. The van der Waals surface area contributed by atoms with Gasteiger partial charge in [-0.1, -0.05) is 19.8 Å². The van der Waals surface area contributed by atoms with E-state index in [1.165, 1.54) is 45.2 Å². The molecular formula is C16H32N2O. The molecular weight excluding hydrogens is 236 g/mol. The summed E-state index contributed by atoms with van der Waals surface area (Å²) in [4.78, 5) is 2.73. The maximum Gasteiger partial charge on any atom is 0.0600 e. The molecule has 1 spiro atoms. The summed E-state index contributed by atoms with van der Waals surface area (Å²) in [6.45, 7) is 13.1. The van der Waals surface area contributed by atoms with Crippen molar-refractivity contribution in [1.29, 1.82) is 0 Å². The molecule has 1 N–H and O–H groups in total. The fraction of sp³-hybridized carbons (Fsp3) is 1.00. The summed E-state index contributed by atoms with van der Waals surface area (Å²) in [7, 11) is 0. The average molecular weight is 268 g/mol. The molecule has 19 heavy (non-hydrogen) atoms. The maximum absolute atomic E-state index is 5.94. The van der Waals surface area contributed by atoms with Crippen molar-refractivity contribution in [3.8, 4) is 0 Å². The summed E-state index contributed by atoms with van der Waals surface area (Å²) >= 11 is 0. The largest absolute Gasteiger partial charge is 0.375 e. The fourth-order valence-corrected chi connectivity index (χ4v) is 3.56. The Labute approximate surface area is 119 Å². The van der Waals surface area contributed by atoms with Gasteiger partial charge in [0.15, 0.2) is 0 Å². The molecule has 1 saturated carbocycles. The van der Waals surface area contributed by atoms with Crippen LogP contribution in [0.1, 0.15) is 59.8 Å².